The highest BCUT2D eigenvalue weighted by molar-refractivity contribution is 5.78. The van der Waals surface area contributed by atoms with E-state index in [1.807, 2.05) is 0 Å². The summed E-state index contributed by atoms with van der Waals surface area (Å²) in [5, 5.41) is 2.98. The summed E-state index contributed by atoms with van der Waals surface area (Å²) in [5.74, 6) is 1.39. The van der Waals surface area contributed by atoms with Crippen LogP contribution in [0.5, 0.6) is 0 Å². The highest BCUT2D eigenvalue weighted by Crippen LogP contribution is 2.26. The summed E-state index contributed by atoms with van der Waals surface area (Å²) in [7, 11) is 0. The minimum atomic E-state index is 0.142. The molecule has 1 aliphatic heterocycles. The van der Waals surface area contributed by atoms with Crippen molar-refractivity contribution in [2.45, 2.75) is 46.1 Å². The fraction of sp³-hybridized carbons (Fsp3) is 0.929. The third-order valence-electron chi connectivity index (χ3n) is 3.89. The number of hydrogen-bond donors (Lipinski definition) is 2. The summed E-state index contributed by atoms with van der Waals surface area (Å²) in [5.41, 5.74) is 5.85. The number of nitrogens with zero attached hydrogens (tertiary/aromatic N) is 1. The first-order chi connectivity index (χ1) is 8.58. The van der Waals surface area contributed by atoms with Gasteiger partial charge in [0.25, 0.3) is 0 Å². The van der Waals surface area contributed by atoms with Crippen LogP contribution in [0.1, 0.15) is 40.0 Å². The van der Waals surface area contributed by atoms with E-state index < -0.39 is 0 Å². The summed E-state index contributed by atoms with van der Waals surface area (Å²) in [6, 6.07) is 0.359. The first-order valence-corrected chi connectivity index (χ1v) is 7.29. The van der Waals surface area contributed by atoms with E-state index in [2.05, 4.69) is 31.0 Å². The number of carbonyl (C=O) groups is 1. The number of nitrogens with one attached hydrogen (secondary N) is 1. The van der Waals surface area contributed by atoms with Crippen LogP contribution >= 0.6 is 0 Å². The van der Waals surface area contributed by atoms with E-state index in [4.69, 9.17) is 5.73 Å². The lowest BCUT2D eigenvalue weighted by Crippen LogP contribution is -2.54. The fourth-order valence-corrected chi connectivity index (χ4v) is 2.97. The van der Waals surface area contributed by atoms with Gasteiger partial charge >= 0.3 is 0 Å². The third kappa shape index (κ3) is 4.58. The quantitative estimate of drug-likeness (QED) is 0.701. The molecule has 0 spiro atoms. The van der Waals surface area contributed by atoms with Gasteiger partial charge in [0.2, 0.25) is 5.91 Å². The van der Waals surface area contributed by atoms with Crippen molar-refractivity contribution in [1.82, 2.24) is 10.2 Å². The van der Waals surface area contributed by atoms with E-state index in [-0.39, 0.29) is 5.91 Å². The van der Waals surface area contributed by atoms with Gasteiger partial charge in [-0.05, 0) is 24.7 Å². The van der Waals surface area contributed by atoms with Gasteiger partial charge in [0.1, 0.15) is 0 Å². The molecule has 1 heterocycles. The van der Waals surface area contributed by atoms with E-state index in [1.165, 1.54) is 6.42 Å². The van der Waals surface area contributed by atoms with Gasteiger partial charge in [-0.15, -0.1) is 0 Å². The SMILES string of the molecule is CCCCNC(=O)CN1CC(C)CC(C)C1CN. The average Bonchev–Trinajstić information content (AvgIpc) is 2.28. The molecular weight excluding hydrogens is 226 g/mol. The van der Waals surface area contributed by atoms with Crippen molar-refractivity contribution in [2.24, 2.45) is 17.6 Å². The molecule has 0 radical (unpaired) electrons. The molecule has 4 nitrogen and oxygen atoms in total. The normalized spacial score (nSPS) is 29.2. The molecule has 3 N–H and O–H groups in total. The molecule has 0 aromatic rings. The molecule has 0 aromatic carbocycles. The Hall–Kier alpha value is -0.610. The van der Waals surface area contributed by atoms with Gasteiger partial charge in [0, 0.05) is 25.7 Å². The molecule has 18 heavy (non-hydrogen) atoms. The van der Waals surface area contributed by atoms with Crippen LogP contribution in [0.25, 0.3) is 0 Å². The van der Waals surface area contributed by atoms with Crippen molar-refractivity contribution in [3.8, 4) is 0 Å². The minimum absolute atomic E-state index is 0.142. The van der Waals surface area contributed by atoms with Crippen molar-refractivity contribution in [3.05, 3.63) is 0 Å². The molecule has 4 heteroatoms. The Morgan fingerprint density at radius 2 is 2.17 bits per heavy atom. The topological polar surface area (TPSA) is 58.4 Å². The first-order valence-electron chi connectivity index (χ1n) is 7.29. The van der Waals surface area contributed by atoms with Gasteiger partial charge in [0.15, 0.2) is 0 Å². The predicted molar refractivity (Wildman–Crippen MR) is 75.3 cm³/mol. The fourth-order valence-electron chi connectivity index (χ4n) is 2.97. The summed E-state index contributed by atoms with van der Waals surface area (Å²) in [6.07, 6.45) is 3.39. The molecule has 1 rings (SSSR count). The number of unbranched alkanes of at least 4 members (excludes halogenated alkanes) is 1. The van der Waals surface area contributed by atoms with Gasteiger partial charge < -0.3 is 11.1 Å². The molecule has 1 amide bonds. The van der Waals surface area contributed by atoms with Gasteiger partial charge in [-0.3, -0.25) is 9.69 Å². The number of piperidine rings is 1. The van der Waals surface area contributed by atoms with Crippen LogP contribution in [0.4, 0.5) is 0 Å². The lowest BCUT2D eigenvalue weighted by atomic mass is 9.85. The number of likely N-dealkylation sites (tertiary alicyclic amines) is 1. The number of amides is 1. The second-order valence-electron chi connectivity index (χ2n) is 5.75. The van der Waals surface area contributed by atoms with E-state index in [0.29, 0.717) is 31.0 Å². The first kappa shape index (κ1) is 15.4. The number of rotatable bonds is 6. The largest absolute Gasteiger partial charge is 0.355 e. The third-order valence-corrected chi connectivity index (χ3v) is 3.89. The summed E-state index contributed by atoms with van der Waals surface area (Å²) < 4.78 is 0. The Balaban J connectivity index is 2.44. The molecule has 0 bridgehead atoms. The second kappa shape index (κ2) is 7.74. The number of carbonyl (C=O) groups excluding carboxylic acids is 1. The van der Waals surface area contributed by atoms with Crippen LogP contribution < -0.4 is 11.1 Å². The summed E-state index contributed by atoms with van der Waals surface area (Å²) >= 11 is 0. The molecule has 106 valence electrons. The summed E-state index contributed by atoms with van der Waals surface area (Å²) in [6.45, 7) is 9.57. The molecule has 0 aromatic heterocycles. The highest BCUT2D eigenvalue weighted by atomic mass is 16.2. The smallest absolute Gasteiger partial charge is 0.234 e. The van der Waals surface area contributed by atoms with Crippen molar-refractivity contribution in [1.29, 1.82) is 0 Å². The highest BCUT2D eigenvalue weighted by Gasteiger charge is 2.31. The molecule has 0 saturated carbocycles. The van der Waals surface area contributed by atoms with Crippen LogP contribution in [-0.4, -0.2) is 43.0 Å². The zero-order chi connectivity index (χ0) is 13.5. The Labute approximate surface area is 111 Å². The van der Waals surface area contributed by atoms with E-state index in [0.717, 1.165) is 25.9 Å². The van der Waals surface area contributed by atoms with Crippen LogP contribution in [0.15, 0.2) is 0 Å². The van der Waals surface area contributed by atoms with Gasteiger partial charge in [-0.2, -0.15) is 0 Å². The second-order valence-corrected chi connectivity index (χ2v) is 5.75. The standard InChI is InChI=1S/C14H29N3O/c1-4-5-6-16-14(18)10-17-9-11(2)7-12(3)13(17)8-15/h11-13H,4-10,15H2,1-3H3,(H,16,18). The molecule has 0 aliphatic carbocycles. The zero-order valence-electron chi connectivity index (χ0n) is 12.1. The predicted octanol–water partition coefficient (Wildman–Crippen LogP) is 1.21. The van der Waals surface area contributed by atoms with E-state index in [9.17, 15) is 4.79 Å². The zero-order valence-corrected chi connectivity index (χ0v) is 12.1. The molecule has 1 saturated heterocycles. The van der Waals surface area contributed by atoms with Crippen LogP contribution in [0.2, 0.25) is 0 Å². The molecular formula is C14H29N3O. The van der Waals surface area contributed by atoms with Crippen LogP contribution in [0.3, 0.4) is 0 Å². The van der Waals surface area contributed by atoms with E-state index >= 15 is 0 Å². The maximum Gasteiger partial charge on any atom is 0.234 e. The number of nitrogens with two attached hydrogens (primary N) is 1. The Morgan fingerprint density at radius 1 is 1.44 bits per heavy atom. The number of hydrogen-bond acceptors (Lipinski definition) is 3. The molecule has 1 aliphatic rings. The lowest BCUT2D eigenvalue weighted by Gasteiger charge is -2.42. The minimum Gasteiger partial charge on any atom is -0.355 e. The van der Waals surface area contributed by atoms with Gasteiger partial charge in [-0.25, -0.2) is 0 Å². The van der Waals surface area contributed by atoms with Crippen LogP contribution in [-0.2, 0) is 4.79 Å². The molecule has 1 fully saturated rings. The van der Waals surface area contributed by atoms with Crippen molar-refractivity contribution in [2.75, 3.05) is 26.2 Å². The summed E-state index contributed by atoms with van der Waals surface area (Å²) in [4.78, 5) is 14.1. The molecule has 3 atom stereocenters. The monoisotopic (exact) mass is 255 g/mol. The van der Waals surface area contributed by atoms with Crippen molar-refractivity contribution in [3.63, 3.8) is 0 Å². The molecule has 3 unspecified atom stereocenters. The average molecular weight is 255 g/mol. The van der Waals surface area contributed by atoms with Crippen LogP contribution in [0, 0.1) is 11.8 Å². The van der Waals surface area contributed by atoms with Crippen molar-refractivity contribution < 1.29 is 4.79 Å². The Morgan fingerprint density at radius 3 is 2.78 bits per heavy atom. The Bertz CT molecular complexity index is 257. The Kier molecular flexibility index (Phi) is 6.65. The maximum atomic E-state index is 11.9. The maximum absolute atomic E-state index is 11.9. The van der Waals surface area contributed by atoms with Gasteiger partial charge in [-0.1, -0.05) is 27.2 Å². The van der Waals surface area contributed by atoms with Crippen molar-refractivity contribution >= 4 is 5.91 Å². The van der Waals surface area contributed by atoms with Gasteiger partial charge in [0.05, 0.1) is 6.54 Å². The lowest BCUT2D eigenvalue weighted by molar-refractivity contribution is -0.123. The van der Waals surface area contributed by atoms with E-state index in [1.54, 1.807) is 0 Å².